The summed E-state index contributed by atoms with van der Waals surface area (Å²) in [5.41, 5.74) is 2.76. The molecular formula is C18H14BrClN4O2. The van der Waals surface area contributed by atoms with E-state index in [0.29, 0.717) is 27.8 Å². The standard InChI is InChI=1S/C18H14BrClN4O2/c1-10(25)21-13-6-7-14(20)16(8-13)22-18(26)17-9-15(23-24-17)11-2-4-12(19)5-3-11/h2-9H,1H3,(H,21,25)(H,22,26)(H,23,24). The van der Waals surface area contributed by atoms with Crippen LogP contribution >= 0.6 is 27.5 Å². The number of aromatic amines is 1. The van der Waals surface area contributed by atoms with Crippen LogP contribution in [0.25, 0.3) is 11.3 Å². The molecule has 0 aliphatic rings. The molecule has 0 aliphatic heterocycles. The molecule has 1 heterocycles. The van der Waals surface area contributed by atoms with Crippen molar-refractivity contribution in [1.82, 2.24) is 10.2 Å². The summed E-state index contributed by atoms with van der Waals surface area (Å²) in [6.45, 7) is 1.40. The quantitative estimate of drug-likeness (QED) is 0.557. The number of hydrogen-bond donors (Lipinski definition) is 3. The van der Waals surface area contributed by atoms with Gasteiger partial charge in [-0.2, -0.15) is 5.10 Å². The van der Waals surface area contributed by atoms with E-state index in [4.69, 9.17) is 11.6 Å². The number of rotatable bonds is 4. The maximum atomic E-state index is 12.5. The molecule has 8 heteroatoms. The lowest BCUT2D eigenvalue weighted by Crippen LogP contribution is -2.13. The Bertz CT molecular complexity index is 970. The van der Waals surface area contributed by atoms with Gasteiger partial charge in [0.1, 0.15) is 5.69 Å². The number of hydrogen-bond acceptors (Lipinski definition) is 3. The molecule has 0 aliphatic carbocycles. The normalized spacial score (nSPS) is 10.4. The summed E-state index contributed by atoms with van der Waals surface area (Å²) in [7, 11) is 0. The zero-order chi connectivity index (χ0) is 18.7. The summed E-state index contributed by atoms with van der Waals surface area (Å²) in [6.07, 6.45) is 0. The molecule has 3 rings (SSSR count). The third-order valence-corrected chi connectivity index (χ3v) is 4.36. The molecule has 0 unspecified atom stereocenters. The van der Waals surface area contributed by atoms with Crippen LogP contribution in [0.4, 0.5) is 11.4 Å². The number of anilines is 2. The molecular weight excluding hydrogens is 420 g/mol. The highest BCUT2D eigenvalue weighted by Gasteiger charge is 2.13. The average molecular weight is 434 g/mol. The predicted molar refractivity (Wildman–Crippen MR) is 105 cm³/mol. The van der Waals surface area contributed by atoms with Gasteiger partial charge in [0.15, 0.2) is 0 Å². The van der Waals surface area contributed by atoms with Crippen LogP contribution in [0.2, 0.25) is 5.02 Å². The van der Waals surface area contributed by atoms with Gasteiger partial charge in [-0.1, -0.05) is 39.7 Å². The highest BCUT2D eigenvalue weighted by molar-refractivity contribution is 9.10. The highest BCUT2D eigenvalue weighted by Crippen LogP contribution is 2.26. The number of nitrogens with zero attached hydrogens (tertiary/aromatic N) is 1. The number of nitrogens with one attached hydrogen (secondary N) is 3. The predicted octanol–water partition coefficient (Wildman–Crippen LogP) is 4.70. The van der Waals surface area contributed by atoms with Crippen LogP contribution in [0, 0.1) is 0 Å². The molecule has 132 valence electrons. The van der Waals surface area contributed by atoms with Gasteiger partial charge in [-0.05, 0) is 36.4 Å². The van der Waals surface area contributed by atoms with Crippen LogP contribution < -0.4 is 10.6 Å². The summed E-state index contributed by atoms with van der Waals surface area (Å²) >= 11 is 9.50. The molecule has 0 atom stereocenters. The van der Waals surface area contributed by atoms with Gasteiger partial charge in [0.05, 0.1) is 16.4 Å². The van der Waals surface area contributed by atoms with Gasteiger partial charge in [0.25, 0.3) is 5.91 Å². The Morgan fingerprint density at radius 2 is 1.81 bits per heavy atom. The van der Waals surface area contributed by atoms with Gasteiger partial charge in [-0.3, -0.25) is 14.7 Å². The molecule has 6 nitrogen and oxygen atoms in total. The summed E-state index contributed by atoms with van der Waals surface area (Å²) in [5.74, 6) is -0.597. The van der Waals surface area contributed by atoms with E-state index in [2.05, 4.69) is 36.8 Å². The molecule has 2 aromatic carbocycles. The minimum Gasteiger partial charge on any atom is -0.326 e. The average Bonchev–Trinajstić information content (AvgIpc) is 3.08. The Morgan fingerprint density at radius 1 is 1.08 bits per heavy atom. The van der Waals surface area contributed by atoms with Crippen molar-refractivity contribution in [3.05, 3.63) is 63.7 Å². The topological polar surface area (TPSA) is 86.9 Å². The van der Waals surface area contributed by atoms with Crippen LogP contribution in [0.15, 0.2) is 53.0 Å². The second kappa shape index (κ2) is 7.72. The smallest absolute Gasteiger partial charge is 0.273 e. The van der Waals surface area contributed by atoms with Gasteiger partial charge >= 0.3 is 0 Å². The van der Waals surface area contributed by atoms with E-state index in [0.717, 1.165) is 10.0 Å². The number of carbonyl (C=O) groups excluding carboxylic acids is 2. The fourth-order valence-electron chi connectivity index (χ4n) is 2.30. The lowest BCUT2D eigenvalue weighted by Gasteiger charge is -2.09. The van der Waals surface area contributed by atoms with E-state index in [-0.39, 0.29) is 11.8 Å². The van der Waals surface area contributed by atoms with Crippen molar-refractivity contribution in [3.8, 4) is 11.3 Å². The Hall–Kier alpha value is -2.64. The Balaban J connectivity index is 1.78. The number of amides is 2. The third-order valence-electron chi connectivity index (χ3n) is 3.50. The summed E-state index contributed by atoms with van der Waals surface area (Å²) in [6, 6.07) is 14.1. The van der Waals surface area contributed by atoms with Crippen molar-refractivity contribution in [2.45, 2.75) is 6.92 Å². The number of halogens is 2. The van der Waals surface area contributed by atoms with Gasteiger partial charge in [0, 0.05) is 22.6 Å². The van der Waals surface area contributed by atoms with E-state index >= 15 is 0 Å². The van der Waals surface area contributed by atoms with Crippen molar-refractivity contribution in [2.24, 2.45) is 0 Å². The van der Waals surface area contributed by atoms with Gasteiger partial charge in [-0.25, -0.2) is 0 Å². The van der Waals surface area contributed by atoms with Crippen molar-refractivity contribution in [3.63, 3.8) is 0 Å². The minimum atomic E-state index is -0.386. The first-order valence-corrected chi connectivity index (χ1v) is 8.79. The second-order valence-corrected chi connectivity index (χ2v) is 6.83. The summed E-state index contributed by atoms with van der Waals surface area (Å²) < 4.78 is 0.962. The van der Waals surface area contributed by atoms with E-state index in [9.17, 15) is 9.59 Å². The van der Waals surface area contributed by atoms with Crippen LogP contribution in [-0.2, 0) is 4.79 Å². The monoisotopic (exact) mass is 432 g/mol. The Kier molecular flexibility index (Phi) is 5.39. The molecule has 0 saturated heterocycles. The molecule has 0 fully saturated rings. The molecule has 3 aromatic rings. The van der Waals surface area contributed by atoms with E-state index in [1.165, 1.54) is 6.92 Å². The Labute approximate surface area is 163 Å². The first kappa shape index (κ1) is 18.2. The highest BCUT2D eigenvalue weighted by atomic mass is 79.9. The van der Waals surface area contributed by atoms with Crippen molar-refractivity contribution >= 4 is 50.7 Å². The molecule has 1 aromatic heterocycles. The molecule has 3 N–H and O–H groups in total. The lowest BCUT2D eigenvalue weighted by molar-refractivity contribution is -0.114. The number of aromatic nitrogens is 2. The van der Waals surface area contributed by atoms with Gasteiger partial charge in [-0.15, -0.1) is 0 Å². The number of benzene rings is 2. The molecule has 0 saturated carbocycles. The van der Waals surface area contributed by atoms with Gasteiger partial charge < -0.3 is 10.6 Å². The largest absolute Gasteiger partial charge is 0.326 e. The maximum Gasteiger partial charge on any atom is 0.273 e. The number of H-pyrrole nitrogens is 1. The number of carbonyl (C=O) groups is 2. The van der Waals surface area contributed by atoms with Crippen molar-refractivity contribution in [1.29, 1.82) is 0 Å². The SMILES string of the molecule is CC(=O)Nc1ccc(Cl)c(NC(=O)c2cc(-c3ccc(Br)cc3)n[nH]2)c1. The molecule has 2 amide bonds. The third kappa shape index (κ3) is 4.30. The van der Waals surface area contributed by atoms with E-state index in [1.807, 2.05) is 24.3 Å². The zero-order valence-electron chi connectivity index (χ0n) is 13.6. The molecule has 0 radical (unpaired) electrons. The molecule has 0 spiro atoms. The zero-order valence-corrected chi connectivity index (χ0v) is 16.0. The Morgan fingerprint density at radius 3 is 2.50 bits per heavy atom. The van der Waals surface area contributed by atoms with Crippen LogP contribution in [-0.4, -0.2) is 22.0 Å². The fraction of sp³-hybridized carbons (Fsp3) is 0.0556. The van der Waals surface area contributed by atoms with Crippen LogP contribution in [0.5, 0.6) is 0 Å². The molecule has 0 bridgehead atoms. The first-order valence-electron chi connectivity index (χ1n) is 7.62. The summed E-state index contributed by atoms with van der Waals surface area (Å²) in [5, 5.41) is 12.6. The lowest BCUT2D eigenvalue weighted by atomic mass is 10.1. The van der Waals surface area contributed by atoms with Crippen molar-refractivity contribution in [2.75, 3.05) is 10.6 Å². The molecule has 26 heavy (non-hydrogen) atoms. The van der Waals surface area contributed by atoms with E-state index < -0.39 is 0 Å². The van der Waals surface area contributed by atoms with Gasteiger partial charge in [0.2, 0.25) is 5.91 Å². The van der Waals surface area contributed by atoms with Crippen LogP contribution in [0.1, 0.15) is 17.4 Å². The second-order valence-electron chi connectivity index (χ2n) is 5.50. The van der Waals surface area contributed by atoms with Crippen LogP contribution in [0.3, 0.4) is 0 Å². The fourth-order valence-corrected chi connectivity index (χ4v) is 2.73. The van der Waals surface area contributed by atoms with Crippen molar-refractivity contribution < 1.29 is 9.59 Å². The van der Waals surface area contributed by atoms with E-state index in [1.54, 1.807) is 24.3 Å². The first-order chi connectivity index (χ1) is 12.4. The summed E-state index contributed by atoms with van der Waals surface area (Å²) in [4.78, 5) is 23.6. The minimum absolute atomic E-state index is 0.211. The maximum absolute atomic E-state index is 12.5.